The largest absolute Gasteiger partial charge is 0.461 e. The molecule has 246 valence electrons. The molecular weight excluding hydrogens is 656 g/mol. The van der Waals surface area contributed by atoms with Gasteiger partial charge >= 0.3 is 24.2 Å². The molecule has 0 unspecified atom stereocenters. The van der Waals surface area contributed by atoms with Gasteiger partial charge in [0, 0.05) is 22.7 Å². The number of alkyl halides is 10. The summed E-state index contributed by atoms with van der Waals surface area (Å²) in [6.45, 7) is -1.40. The first kappa shape index (κ1) is 34.8. The lowest BCUT2D eigenvalue weighted by atomic mass is 10.0. The summed E-state index contributed by atoms with van der Waals surface area (Å²) in [7, 11) is 0. The molecule has 0 bridgehead atoms. The van der Waals surface area contributed by atoms with E-state index in [2.05, 4.69) is 4.74 Å². The minimum atomic E-state index is -5.02. The van der Waals surface area contributed by atoms with Crippen molar-refractivity contribution in [2.75, 3.05) is 11.4 Å². The van der Waals surface area contributed by atoms with Crippen molar-refractivity contribution in [2.45, 2.75) is 41.8 Å². The summed E-state index contributed by atoms with van der Waals surface area (Å²) in [4.78, 5) is 1.02. The van der Waals surface area contributed by atoms with Crippen molar-refractivity contribution in [2.24, 2.45) is 0 Å². The van der Waals surface area contributed by atoms with Gasteiger partial charge in [0.05, 0.1) is 6.54 Å². The van der Waals surface area contributed by atoms with Crippen molar-refractivity contribution in [3.63, 3.8) is 0 Å². The number of aliphatic hydroxyl groups is 1. The van der Waals surface area contributed by atoms with Gasteiger partial charge in [0.2, 0.25) is 0 Å². The van der Waals surface area contributed by atoms with Gasteiger partial charge in [-0.05, 0) is 71.4 Å². The Morgan fingerprint density at radius 3 is 2.02 bits per heavy atom. The van der Waals surface area contributed by atoms with Gasteiger partial charge in [-0.15, -0.1) is 0 Å². The van der Waals surface area contributed by atoms with Crippen molar-refractivity contribution >= 4 is 17.4 Å². The molecule has 0 heterocycles. The Labute approximate surface area is 260 Å². The van der Waals surface area contributed by atoms with Crippen LogP contribution in [-0.2, 0) is 6.54 Å². The lowest BCUT2D eigenvalue weighted by molar-refractivity contribution is -0.253. The van der Waals surface area contributed by atoms with E-state index in [0.717, 1.165) is 17.0 Å². The predicted octanol–water partition coefficient (Wildman–Crippen LogP) is 9.92. The van der Waals surface area contributed by atoms with Crippen molar-refractivity contribution in [3.8, 4) is 28.4 Å². The average molecular weight is 680 g/mol. The van der Waals surface area contributed by atoms with E-state index in [4.69, 9.17) is 4.74 Å². The number of halogens is 10. The van der Waals surface area contributed by atoms with Crippen LogP contribution in [0.5, 0.6) is 17.2 Å². The zero-order chi connectivity index (χ0) is 33.7. The van der Waals surface area contributed by atoms with E-state index in [0.29, 0.717) is 11.1 Å². The topological polar surface area (TPSA) is 41.9 Å². The zero-order valence-electron chi connectivity index (χ0n) is 23.2. The Kier molecular flexibility index (Phi) is 10.7. The Morgan fingerprint density at radius 1 is 0.717 bits per heavy atom. The molecule has 4 aromatic rings. The molecule has 4 nitrogen and oxygen atoms in total. The Balaban J connectivity index is 1.67. The summed E-state index contributed by atoms with van der Waals surface area (Å²) in [6, 6.07) is 22.0. The molecule has 0 saturated carbocycles. The first-order chi connectivity index (χ1) is 21.5. The summed E-state index contributed by atoms with van der Waals surface area (Å²) in [5.41, 5.74) is -3.50. The van der Waals surface area contributed by atoms with Gasteiger partial charge in [-0.3, -0.25) is 0 Å². The maximum atomic E-state index is 13.5. The van der Waals surface area contributed by atoms with Crippen molar-refractivity contribution in [1.29, 1.82) is 0 Å². The molecule has 0 aliphatic heterocycles. The SMILES string of the molecule is O[C@H](CN(Cc1cccc(OC(F)(F)C(F)F)c1)c1ccccc1-c1cccc(Oc2cccc(SC(F)(F)F)c2)c1)C(F)(F)F. The molecule has 0 aliphatic rings. The number of hydrogen-bond acceptors (Lipinski definition) is 5. The van der Waals surface area contributed by atoms with Crippen LogP contribution in [0.25, 0.3) is 11.1 Å². The predicted molar refractivity (Wildman–Crippen MR) is 151 cm³/mol. The van der Waals surface area contributed by atoms with Gasteiger partial charge in [-0.25, -0.2) is 0 Å². The molecular formula is C31H23F10NO3S. The average Bonchev–Trinajstić information content (AvgIpc) is 2.95. The maximum absolute atomic E-state index is 13.5. The third kappa shape index (κ3) is 9.69. The van der Waals surface area contributed by atoms with Crippen LogP contribution >= 0.6 is 11.8 Å². The highest BCUT2D eigenvalue weighted by Crippen LogP contribution is 2.40. The number of nitrogens with zero attached hydrogens (tertiary/aromatic N) is 1. The number of benzene rings is 4. The highest BCUT2D eigenvalue weighted by atomic mass is 32.2. The molecule has 4 rings (SSSR count). The van der Waals surface area contributed by atoms with Crippen LogP contribution in [0.4, 0.5) is 49.6 Å². The van der Waals surface area contributed by atoms with E-state index in [-0.39, 0.29) is 39.4 Å². The molecule has 4 aromatic carbocycles. The van der Waals surface area contributed by atoms with Crippen LogP contribution in [-0.4, -0.2) is 42.0 Å². The highest BCUT2D eigenvalue weighted by molar-refractivity contribution is 8.00. The molecule has 0 aromatic heterocycles. The minimum Gasteiger partial charge on any atom is -0.457 e. The number of para-hydroxylation sites is 1. The summed E-state index contributed by atoms with van der Waals surface area (Å²) in [5, 5.41) is 9.96. The Morgan fingerprint density at radius 2 is 1.35 bits per heavy atom. The second-order valence-electron chi connectivity index (χ2n) is 9.72. The van der Waals surface area contributed by atoms with Crippen LogP contribution in [0.3, 0.4) is 0 Å². The molecule has 0 spiro atoms. The number of aliphatic hydroxyl groups excluding tert-OH is 1. The Bertz CT molecular complexity index is 1610. The summed E-state index contributed by atoms with van der Waals surface area (Å²) in [5.74, 6) is -0.378. The molecule has 0 aliphatic carbocycles. The lowest BCUT2D eigenvalue weighted by Gasteiger charge is -2.30. The third-order valence-electron chi connectivity index (χ3n) is 6.22. The number of hydrogen-bond donors (Lipinski definition) is 1. The number of anilines is 1. The minimum absolute atomic E-state index is 0.0918. The van der Waals surface area contributed by atoms with Gasteiger partial charge < -0.3 is 19.5 Å². The monoisotopic (exact) mass is 679 g/mol. The first-order valence-electron chi connectivity index (χ1n) is 13.2. The van der Waals surface area contributed by atoms with Crippen molar-refractivity contribution in [3.05, 3.63) is 103 Å². The number of thioether (sulfide) groups is 1. The van der Waals surface area contributed by atoms with Crippen LogP contribution in [0, 0.1) is 0 Å². The van der Waals surface area contributed by atoms with E-state index in [1.807, 2.05) is 0 Å². The molecule has 0 fully saturated rings. The third-order valence-corrected chi connectivity index (χ3v) is 6.94. The summed E-state index contributed by atoms with van der Waals surface area (Å²) in [6.07, 6.45) is -16.8. The quantitative estimate of drug-likeness (QED) is 0.119. The Hall–Kier alpha value is -4.11. The molecule has 15 heteroatoms. The summed E-state index contributed by atoms with van der Waals surface area (Å²) >= 11 is -0.322. The smallest absolute Gasteiger partial charge is 0.457 e. The van der Waals surface area contributed by atoms with Gasteiger partial charge in [0.1, 0.15) is 17.2 Å². The highest BCUT2D eigenvalue weighted by Gasteiger charge is 2.44. The first-order valence-corrected chi connectivity index (χ1v) is 14.0. The van der Waals surface area contributed by atoms with Crippen molar-refractivity contribution in [1.82, 2.24) is 0 Å². The lowest BCUT2D eigenvalue weighted by Crippen LogP contribution is -2.41. The maximum Gasteiger partial charge on any atom is 0.461 e. The number of ether oxygens (including phenoxy) is 2. The van der Waals surface area contributed by atoms with Gasteiger partial charge in [-0.2, -0.15) is 43.9 Å². The van der Waals surface area contributed by atoms with Crippen molar-refractivity contribution < 1.29 is 58.5 Å². The van der Waals surface area contributed by atoms with E-state index < -0.39 is 49.2 Å². The molecule has 0 amide bonds. The normalized spacial score (nSPS) is 13.0. The van der Waals surface area contributed by atoms with Gasteiger partial charge in [0.15, 0.2) is 6.10 Å². The molecule has 0 radical (unpaired) electrons. The van der Waals surface area contributed by atoms with Gasteiger partial charge in [-0.1, -0.05) is 48.5 Å². The van der Waals surface area contributed by atoms with E-state index in [1.54, 1.807) is 24.3 Å². The van der Waals surface area contributed by atoms with Crippen LogP contribution in [0.2, 0.25) is 0 Å². The van der Waals surface area contributed by atoms with E-state index >= 15 is 0 Å². The second kappa shape index (κ2) is 14.1. The fraction of sp³-hybridized carbons (Fsp3) is 0.226. The fourth-order valence-corrected chi connectivity index (χ4v) is 4.87. The number of rotatable bonds is 12. The standard InChI is InChI=1S/C31H23F10NO3S/c32-28(33)30(37,38)45-23-10-3-6-19(14-23)17-42(18-27(43)29(34,35)36)26-13-2-1-12-25(26)20-7-4-8-21(15-20)44-22-9-5-11-24(16-22)46-31(39,40)41/h1-16,27-28,43H,17-18H2/t27-/m1/s1. The molecule has 0 saturated heterocycles. The van der Waals surface area contributed by atoms with Gasteiger partial charge in [0.25, 0.3) is 0 Å². The summed E-state index contributed by atoms with van der Waals surface area (Å²) < 4.78 is 141. The molecule has 46 heavy (non-hydrogen) atoms. The molecule has 1 N–H and O–H groups in total. The molecule has 1 atom stereocenters. The second-order valence-corrected chi connectivity index (χ2v) is 10.9. The van der Waals surface area contributed by atoms with Crippen LogP contribution < -0.4 is 14.4 Å². The van der Waals surface area contributed by atoms with Crippen LogP contribution in [0.15, 0.2) is 102 Å². The van der Waals surface area contributed by atoms with E-state index in [1.165, 1.54) is 60.7 Å². The zero-order valence-corrected chi connectivity index (χ0v) is 24.0. The van der Waals surface area contributed by atoms with E-state index in [9.17, 15) is 49.0 Å². The fourth-order valence-electron chi connectivity index (χ4n) is 4.28. The van der Waals surface area contributed by atoms with Crippen LogP contribution in [0.1, 0.15) is 5.56 Å².